The van der Waals surface area contributed by atoms with E-state index in [2.05, 4.69) is 4.72 Å². The van der Waals surface area contributed by atoms with Crippen LogP contribution in [0.3, 0.4) is 0 Å². The predicted molar refractivity (Wildman–Crippen MR) is 76.0 cm³/mol. The van der Waals surface area contributed by atoms with E-state index in [1.807, 2.05) is 6.92 Å². The Hall–Kier alpha value is -0.950. The molecule has 0 bridgehead atoms. The highest BCUT2D eigenvalue weighted by molar-refractivity contribution is 7.89. The van der Waals surface area contributed by atoms with Gasteiger partial charge in [0.2, 0.25) is 10.0 Å². The maximum Gasteiger partial charge on any atom is 0.240 e. The van der Waals surface area contributed by atoms with E-state index in [4.69, 9.17) is 4.74 Å². The lowest BCUT2D eigenvalue weighted by molar-refractivity contribution is -0.0588. The van der Waals surface area contributed by atoms with Gasteiger partial charge in [0.1, 0.15) is 0 Å². The van der Waals surface area contributed by atoms with E-state index in [0.29, 0.717) is 26.1 Å². The first-order chi connectivity index (χ1) is 9.45. The van der Waals surface area contributed by atoms with Gasteiger partial charge in [-0.2, -0.15) is 0 Å². The van der Waals surface area contributed by atoms with E-state index in [-0.39, 0.29) is 11.4 Å². The Labute approximate surface area is 120 Å². The molecule has 0 aliphatic carbocycles. The number of hydrogen-bond donors (Lipinski definition) is 2. The van der Waals surface area contributed by atoms with E-state index in [9.17, 15) is 13.5 Å². The third-order valence-corrected chi connectivity index (χ3v) is 5.07. The molecule has 0 radical (unpaired) electrons. The molecule has 1 heterocycles. The van der Waals surface area contributed by atoms with Crippen LogP contribution in [0.1, 0.15) is 25.3 Å². The first-order valence-electron chi connectivity index (χ1n) is 6.84. The lowest BCUT2D eigenvalue weighted by Crippen LogP contribution is -2.46. The predicted octanol–water partition coefficient (Wildman–Crippen LogP) is 1.07. The first-order valence-corrected chi connectivity index (χ1v) is 8.32. The second kappa shape index (κ2) is 6.22. The van der Waals surface area contributed by atoms with Crippen molar-refractivity contribution in [1.29, 1.82) is 0 Å². The van der Waals surface area contributed by atoms with Gasteiger partial charge in [0.05, 0.1) is 10.5 Å². The Balaban J connectivity index is 2.02. The van der Waals surface area contributed by atoms with Crippen LogP contribution in [0, 0.1) is 0 Å². The lowest BCUT2D eigenvalue weighted by Gasteiger charge is -2.31. The normalized spacial score (nSPS) is 18.9. The van der Waals surface area contributed by atoms with E-state index in [1.165, 1.54) is 0 Å². The Morgan fingerprint density at radius 3 is 2.40 bits per heavy atom. The van der Waals surface area contributed by atoms with Crippen molar-refractivity contribution >= 4 is 10.0 Å². The fourth-order valence-corrected chi connectivity index (χ4v) is 3.26. The summed E-state index contributed by atoms with van der Waals surface area (Å²) in [6.45, 7) is 2.96. The van der Waals surface area contributed by atoms with Gasteiger partial charge in [-0.15, -0.1) is 0 Å². The standard InChI is InChI=1S/C14H21NO4S/c1-2-12-3-5-13(6-4-12)20(17,18)15-11-14(16)7-9-19-10-8-14/h3-6,15-16H,2,7-11H2,1H3. The molecule has 1 aromatic rings. The average molecular weight is 299 g/mol. The zero-order valence-corrected chi connectivity index (χ0v) is 12.4. The third kappa shape index (κ3) is 3.79. The molecule has 0 unspecified atom stereocenters. The number of aliphatic hydroxyl groups is 1. The van der Waals surface area contributed by atoms with Gasteiger partial charge in [0, 0.05) is 32.6 Å². The number of nitrogens with one attached hydrogen (secondary N) is 1. The van der Waals surface area contributed by atoms with Crippen LogP contribution in [0.4, 0.5) is 0 Å². The van der Waals surface area contributed by atoms with Crippen LogP contribution in [0.25, 0.3) is 0 Å². The molecule has 5 nitrogen and oxygen atoms in total. The first kappa shape index (κ1) is 15.4. The summed E-state index contributed by atoms with van der Waals surface area (Å²) >= 11 is 0. The average Bonchev–Trinajstić information content (AvgIpc) is 2.46. The molecule has 0 amide bonds. The molecule has 1 fully saturated rings. The summed E-state index contributed by atoms with van der Waals surface area (Å²) in [5.41, 5.74) is 0.0845. The topological polar surface area (TPSA) is 75.6 Å². The van der Waals surface area contributed by atoms with Crippen molar-refractivity contribution in [3.05, 3.63) is 29.8 Å². The lowest BCUT2D eigenvalue weighted by atomic mass is 9.95. The quantitative estimate of drug-likeness (QED) is 0.853. The largest absolute Gasteiger partial charge is 0.388 e. The molecule has 0 saturated carbocycles. The Kier molecular flexibility index (Phi) is 4.80. The minimum atomic E-state index is -3.57. The second-order valence-corrected chi connectivity index (χ2v) is 6.93. The Morgan fingerprint density at radius 2 is 1.85 bits per heavy atom. The molecule has 20 heavy (non-hydrogen) atoms. The molecule has 0 spiro atoms. The monoisotopic (exact) mass is 299 g/mol. The van der Waals surface area contributed by atoms with Gasteiger partial charge in [0.15, 0.2) is 0 Å². The van der Waals surface area contributed by atoms with Crippen LogP contribution in [0.2, 0.25) is 0 Å². The minimum absolute atomic E-state index is 0.0220. The smallest absolute Gasteiger partial charge is 0.240 e. The van der Waals surface area contributed by atoms with Crippen LogP contribution < -0.4 is 4.72 Å². The van der Waals surface area contributed by atoms with Crippen molar-refractivity contribution in [3.63, 3.8) is 0 Å². The molecule has 1 aromatic carbocycles. The molecule has 1 saturated heterocycles. The fraction of sp³-hybridized carbons (Fsp3) is 0.571. The van der Waals surface area contributed by atoms with Gasteiger partial charge in [-0.25, -0.2) is 13.1 Å². The summed E-state index contributed by atoms with van der Waals surface area (Å²) < 4.78 is 32.0. The van der Waals surface area contributed by atoms with Gasteiger partial charge in [-0.3, -0.25) is 0 Å². The number of rotatable bonds is 5. The van der Waals surface area contributed by atoms with Crippen molar-refractivity contribution in [3.8, 4) is 0 Å². The van der Waals surface area contributed by atoms with Crippen molar-refractivity contribution in [2.45, 2.75) is 36.7 Å². The Bertz CT molecular complexity index is 533. The summed E-state index contributed by atoms with van der Waals surface area (Å²) in [6.07, 6.45) is 1.77. The van der Waals surface area contributed by atoms with Gasteiger partial charge in [-0.1, -0.05) is 19.1 Å². The summed E-state index contributed by atoms with van der Waals surface area (Å²) in [4.78, 5) is 0.227. The number of ether oxygens (including phenoxy) is 1. The highest BCUT2D eigenvalue weighted by atomic mass is 32.2. The molecule has 2 N–H and O–H groups in total. The zero-order chi connectivity index (χ0) is 14.6. The van der Waals surface area contributed by atoms with Crippen molar-refractivity contribution in [2.75, 3.05) is 19.8 Å². The molecular formula is C14H21NO4S. The van der Waals surface area contributed by atoms with Gasteiger partial charge < -0.3 is 9.84 Å². The highest BCUT2D eigenvalue weighted by Gasteiger charge is 2.31. The summed E-state index contributed by atoms with van der Waals surface area (Å²) in [6, 6.07) is 6.79. The minimum Gasteiger partial charge on any atom is -0.388 e. The third-order valence-electron chi connectivity index (χ3n) is 3.66. The number of sulfonamides is 1. The molecule has 0 aromatic heterocycles. The molecular weight excluding hydrogens is 278 g/mol. The molecule has 1 aliphatic rings. The van der Waals surface area contributed by atoms with Crippen LogP contribution in [-0.4, -0.2) is 38.9 Å². The van der Waals surface area contributed by atoms with E-state index < -0.39 is 15.6 Å². The van der Waals surface area contributed by atoms with Gasteiger partial charge >= 0.3 is 0 Å². The molecule has 1 aliphatic heterocycles. The van der Waals surface area contributed by atoms with E-state index >= 15 is 0 Å². The SMILES string of the molecule is CCc1ccc(S(=O)(=O)NCC2(O)CCOCC2)cc1. The van der Waals surface area contributed by atoms with Crippen LogP contribution in [0.5, 0.6) is 0 Å². The van der Waals surface area contributed by atoms with Crippen LogP contribution in [0.15, 0.2) is 29.2 Å². The second-order valence-electron chi connectivity index (χ2n) is 5.16. The van der Waals surface area contributed by atoms with Crippen molar-refractivity contribution in [1.82, 2.24) is 4.72 Å². The highest BCUT2D eigenvalue weighted by Crippen LogP contribution is 2.20. The maximum atomic E-state index is 12.2. The molecule has 112 valence electrons. The summed E-state index contributed by atoms with van der Waals surface area (Å²) in [7, 11) is -3.57. The molecule has 0 atom stereocenters. The zero-order valence-electron chi connectivity index (χ0n) is 11.6. The van der Waals surface area contributed by atoms with Gasteiger partial charge in [-0.05, 0) is 24.1 Å². The van der Waals surface area contributed by atoms with Gasteiger partial charge in [0.25, 0.3) is 0 Å². The van der Waals surface area contributed by atoms with Crippen molar-refractivity contribution < 1.29 is 18.3 Å². The molecule has 2 rings (SSSR count). The summed E-state index contributed by atoms with van der Waals surface area (Å²) in [5.74, 6) is 0. The molecule has 6 heteroatoms. The van der Waals surface area contributed by atoms with Crippen molar-refractivity contribution in [2.24, 2.45) is 0 Å². The number of benzene rings is 1. The Morgan fingerprint density at radius 1 is 1.25 bits per heavy atom. The maximum absolute atomic E-state index is 12.2. The fourth-order valence-electron chi connectivity index (χ4n) is 2.15. The van der Waals surface area contributed by atoms with Crippen LogP contribution in [-0.2, 0) is 21.2 Å². The summed E-state index contributed by atoms with van der Waals surface area (Å²) in [5, 5.41) is 10.3. The van der Waals surface area contributed by atoms with E-state index in [1.54, 1.807) is 24.3 Å². The number of aryl methyl sites for hydroxylation is 1. The number of hydrogen-bond acceptors (Lipinski definition) is 4. The van der Waals surface area contributed by atoms with Crippen LogP contribution >= 0.6 is 0 Å². The van der Waals surface area contributed by atoms with E-state index in [0.717, 1.165) is 12.0 Å².